The summed E-state index contributed by atoms with van der Waals surface area (Å²) in [4.78, 5) is 155. The zero-order valence-electron chi connectivity index (χ0n) is 45.7. The number of hydrogen-bond acceptors (Lipinski definition) is 16. The summed E-state index contributed by atoms with van der Waals surface area (Å²) in [5.41, 5.74) is 24.1. The average molecular weight is 1150 g/mol. The van der Waals surface area contributed by atoms with Crippen LogP contribution in [0.25, 0.3) is 0 Å². The summed E-state index contributed by atoms with van der Waals surface area (Å²) in [5, 5.41) is 39.7. The van der Waals surface area contributed by atoms with Gasteiger partial charge < -0.3 is 80.7 Å². The Labute approximate surface area is 473 Å². The zero-order chi connectivity index (χ0) is 60.0. The number of aliphatic hydroxyl groups excluding tert-OH is 1. The van der Waals surface area contributed by atoms with Crippen LogP contribution in [0.3, 0.4) is 0 Å². The lowest BCUT2D eigenvalue weighted by molar-refractivity contribution is -0.141. The first-order valence-corrected chi connectivity index (χ1v) is 27.8. The number of carbonyl (C=O) groups is 11. The van der Waals surface area contributed by atoms with E-state index in [4.69, 9.17) is 22.9 Å². The van der Waals surface area contributed by atoms with Gasteiger partial charge in [-0.05, 0) is 74.1 Å². The maximum atomic E-state index is 14.5. The first-order chi connectivity index (χ1) is 38.5. The fourth-order valence-electron chi connectivity index (χ4n) is 8.13. The normalized spacial score (nSPS) is 14.4. The molecule has 81 heavy (non-hydrogen) atoms. The second-order valence-electron chi connectivity index (χ2n) is 19.6. The fraction of sp³-hybridized carbons (Fsp3) is 0.509. The van der Waals surface area contributed by atoms with Crippen molar-refractivity contribution >= 4 is 76.8 Å². The maximum Gasteiger partial charge on any atom is 0.305 e. The molecule has 3 rings (SSSR count). The number of primary amides is 2. The smallest absolute Gasteiger partial charge is 0.305 e. The summed E-state index contributed by atoms with van der Waals surface area (Å²) >= 11 is 1.34. The Morgan fingerprint density at radius 3 is 1.49 bits per heavy atom. The number of carboxylic acid groups (broad SMARTS) is 1. The van der Waals surface area contributed by atoms with Crippen molar-refractivity contribution in [3.05, 3.63) is 90.0 Å². The number of aromatic nitrogens is 2. The van der Waals surface area contributed by atoms with E-state index < -0.39 is 145 Å². The van der Waals surface area contributed by atoms with Crippen molar-refractivity contribution in [2.45, 2.75) is 139 Å². The van der Waals surface area contributed by atoms with Crippen LogP contribution in [0.5, 0.6) is 0 Å². The largest absolute Gasteiger partial charge is 0.481 e. The van der Waals surface area contributed by atoms with Crippen molar-refractivity contribution in [3.8, 4) is 0 Å². The van der Waals surface area contributed by atoms with Gasteiger partial charge in [-0.25, -0.2) is 4.98 Å². The molecule has 0 radical (unpaired) electrons. The molecule has 27 nitrogen and oxygen atoms in total. The van der Waals surface area contributed by atoms with Crippen molar-refractivity contribution in [3.63, 3.8) is 0 Å². The highest BCUT2D eigenvalue weighted by atomic mass is 32.2. The molecule has 1 aromatic heterocycles. The number of hydrogen-bond donors (Lipinski definition) is 15. The third-order valence-corrected chi connectivity index (χ3v) is 13.1. The number of nitrogens with one attached hydrogen (secondary N) is 9. The van der Waals surface area contributed by atoms with Gasteiger partial charge in [-0.2, -0.15) is 11.8 Å². The minimum Gasteiger partial charge on any atom is -0.481 e. The number of aromatic amines is 1. The Hall–Kier alpha value is -7.95. The number of rotatable bonds is 38. The summed E-state index contributed by atoms with van der Waals surface area (Å²) in [6.45, 7) is 3.06. The van der Waals surface area contributed by atoms with E-state index in [1.165, 1.54) is 24.3 Å². The third kappa shape index (κ3) is 24.9. The van der Waals surface area contributed by atoms with Gasteiger partial charge in [0.15, 0.2) is 0 Å². The van der Waals surface area contributed by atoms with Crippen LogP contribution >= 0.6 is 11.8 Å². The number of nitrogens with two attached hydrogens (primary N) is 4. The number of unbranched alkanes of at least 4 members (excludes halogenated alkanes) is 1. The molecule has 0 unspecified atom stereocenters. The molecule has 0 saturated heterocycles. The zero-order valence-corrected chi connectivity index (χ0v) is 46.5. The van der Waals surface area contributed by atoms with E-state index in [0.29, 0.717) is 35.4 Å². The quantitative estimate of drug-likeness (QED) is 0.0251. The molecule has 0 bridgehead atoms. The van der Waals surface area contributed by atoms with E-state index in [1.54, 1.807) is 80.8 Å². The van der Waals surface area contributed by atoms with Crippen LogP contribution < -0.4 is 65.5 Å². The molecule has 0 spiro atoms. The van der Waals surface area contributed by atoms with Crippen molar-refractivity contribution in [1.82, 2.24) is 52.5 Å². The topological polar surface area (TPSA) is 457 Å². The molecule has 0 aliphatic carbocycles. The van der Waals surface area contributed by atoms with E-state index in [2.05, 4.69) is 52.5 Å². The summed E-state index contributed by atoms with van der Waals surface area (Å²) in [7, 11) is 0. The highest BCUT2D eigenvalue weighted by molar-refractivity contribution is 7.98. The molecule has 0 saturated carbocycles. The standard InChI is InChI=1S/C53H78N14O13S/c1-30(2)22-39(64-46(73)34(55)28-68)50(77)60-35(16-10-11-20-54)47(74)61-36(17-18-43(56)69)48(75)67-42(26-44(70)71)53(80)65-40(24-32-14-8-5-9-15-32)51(78)62-37(19-21-81-3)49(76)66-41(25-33-27-58-29-59-33)52(79)63-38(45(57)72)23-31-12-6-4-7-13-31/h4-9,12-15,27,29-30,34-42,68H,10-11,16-26,28,54-55H2,1-3H3,(H2,56,69)(H2,57,72)(H,58,59)(H,60,77)(H,61,74)(H,62,78)(H,63,79)(H,64,73)(H,65,80)(H,66,76)(H,67,75)(H,70,71)/t34-,35-,36-,37-,38-,39-,40-,41-,42-/m0/s1. The number of H-pyrrole nitrogens is 1. The van der Waals surface area contributed by atoms with Crippen molar-refractivity contribution in [2.24, 2.45) is 28.9 Å². The Kier molecular flexibility index (Phi) is 29.6. The first kappa shape index (κ1) is 67.3. The van der Waals surface area contributed by atoms with Crippen LogP contribution in [0.1, 0.15) is 82.0 Å². The lowest BCUT2D eigenvalue weighted by Crippen LogP contribution is -2.61. The number of aliphatic carboxylic acids is 1. The number of carbonyl (C=O) groups excluding carboxylic acids is 10. The Morgan fingerprint density at radius 1 is 0.580 bits per heavy atom. The molecule has 2 aromatic carbocycles. The van der Waals surface area contributed by atoms with Crippen molar-refractivity contribution < 1.29 is 63.0 Å². The van der Waals surface area contributed by atoms with Crippen LogP contribution in [-0.2, 0) is 72.0 Å². The molecule has 9 atom stereocenters. The van der Waals surface area contributed by atoms with E-state index in [-0.39, 0.29) is 51.0 Å². The van der Waals surface area contributed by atoms with Gasteiger partial charge in [0.1, 0.15) is 54.4 Å². The van der Waals surface area contributed by atoms with Gasteiger partial charge in [-0.1, -0.05) is 74.5 Å². The number of aliphatic hydroxyl groups is 1. The summed E-state index contributed by atoms with van der Waals surface area (Å²) in [6.07, 6.45) is 2.98. The Bertz CT molecular complexity index is 2550. The summed E-state index contributed by atoms with van der Waals surface area (Å²) < 4.78 is 0. The molecule has 0 aliphatic heterocycles. The van der Waals surface area contributed by atoms with E-state index >= 15 is 0 Å². The molecule has 3 aromatic rings. The predicted octanol–water partition coefficient (Wildman–Crippen LogP) is -3.21. The molecule has 1 heterocycles. The van der Waals surface area contributed by atoms with E-state index in [0.717, 1.165) is 0 Å². The molecule has 0 aliphatic rings. The van der Waals surface area contributed by atoms with Gasteiger partial charge in [0.25, 0.3) is 0 Å². The molecule has 444 valence electrons. The van der Waals surface area contributed by atoms with E-state index in [9.17, 15) is 63.0 Å². The average Bonchev–Trinajstić information content (AvgIpc) is 3.95. The van der Waals surface area contributed by atoms with Crippen LogP contribution in [0, 0.1) is 5.92 Å². The van der Waals surface area contributed by atoms with E-state index in [1.807, 2.05) is 0 Å². The third-order valence-electron chi connectivity index (χ3n) is 12.5. The Morgan fingerprint density at radius 2 is 1.02 bits per heavy atom. The van der Waals surface area contributed by atoms with Gasteiger partial charge in [0, 0.05) is 37.6 Å². The highest BCUT2D eigenvalue weighted by Gasteiger charge is 2.36. The second-order valence-corrected chi connectivity index (χ2v) is 20.6. The maximum absolute atomic E-state index is 14.5. The molecular weight excluding hydrogens is 1070 g/mol. The number of thioether (sulfide) groups is 1. The molecule has 19 N–H and O–H groups in total. The number of imidazole rings is 1. The second kappa shape index (κ2) is 35.6. The number of amides is 10. The minimum atomic E-state index is -1.94. The number of benzene rings is 2. The molecule has 10 amide bonds. The van der Waals surface area contributed by atoms with Gasteiger partial charge in [-0.3, -0.25) is 52.7 Å². The minimum absolute atomic E-state index is 0.00312. The number of carboxylic acids is 1. The predicted molar refractivity (Wildman–Crippen MR) is 298 cm³/mol. The van der Waals surface area contributed by atoms with Gasteiger partial charge >= 0.3 is 5.97 Å². The lowest BCUT2D eigenvalue weighted by atomic mass is 10.0. The SMILES string of the molecule is CSCC[C@H](NC(=O)[C@H](Cc1ccccc1)NC(=O)[C@H](CC(=O)O)NC(=O)[C@H](CCC(N)=O)NC(=O)[C@H](CCCCN)NC(=O)[C@H](CC(C)C)NC(=O)[C@@H](N)CO)C(=O)N[C@@H](Cc1cnc[nH]1)C(=O)N[C@@H](Cc1ccccc1)C(N)=O. The molecule has 28 heteroatoms. The van der Waals surface area contributed by atoms with Crippen molar-refractivity contribution in [2.75, 3.05) is 25.2 Å². The van der Waals surface area contributed by atoms with Crippen LogP contribution in [-0.4, -0.2) is 165 Å². The highest BCUT2D eigenvalue weighted by Crippen LogP contribution is 2.13. The van der Waals surface area contributed by atoms with Gasteiger partial charge in [-0.15, -0.1) is 0 Å². The first-order valence-electron chi connectivity index (χ1n) is 26.4. The molecule has 0 fully saturated rings. The van der Waals surface area contributed by atoms with Crippen LogP contribution in [0.2, 0.25) is 0 Å². The fourth-order valence-corrected chi connectivity index (χ4v) is 8.60. The van der Waals surface area contributed by atoms with Crippen LogP contribution in [0.4, 0.5) is 0 Å². The Balaban J connectivity index is 1.94. The van der Waals surface area contributed by atoms with Crippen LogP contribution in [0.15, 0.2) is 73.2 Å². The lowest BCUT2D eigenvalue weighted by Gasteiger charge is -2.28. The van der Waals surface area contributed by atoms with Crippen molar-refractivity contribution in [1.29, 1.82) is 0 Å². The monoisotopic (exact) mass is 1150 g/mol. The summed E-state index contributed by atoms with van der Waals surface area (Å²) in [6, 6.07) is 4.09. The van der Waals surface area contributed by atoms with Gasteiger partial charge in [0.05, 0.1) is 19.4 Å². The molecular formula is C53H78N14O13S. The number of nitrogens with zero attached hydrogens (tertiary/aromatic N) is 1. The van der Waals surface area contributed by atoms with Gasteiger partial charge in [0.2, 0.25) is 59.1 Å². The summed E-state index contributed by atoms with van der Waals surface area (Å²) in [5.74, 6) is -10.6.